The van der Waals surface area contributed by atoms with Crippen molar-refractivity contribution < 1.29 is 36.5 Å². The summed E-state index contributed by atoms with van der Waals surface area (Å²) in [5, 5.41) is 10.0. The lowest BCUT2D eigenvalue weighted by atomic mass is 10.0. The van der Waals surface area contributed by atoms with Crippen molar-refractivity contribution in [1.82, 2.24) is 33.9 Å². The number of aromatic nitrogens is 6. The van der Waals surface area contributed by atoms with Gasteiger partial charge in [-0.3, -0.25) is 9.61 Å². The van der Waals surface area contributed by atoms with E-state index in [0.717, 1.165) is 6.26 Å². The predicted molar refractivity (Wildman–Crippen MR) is 124 cm³/mol. The van der Waals surface area contributed by atoms with Gasteiger partial charge in [0.1, 0.15) is 23.6 Å². The van der Waals surface area contributed by atoms with E-state index < -0.39 is 41.3 Å². The quantitative estimate of drug-likeness (QED) is 0.373. The number of ether oxygens (including phenoxy) is 1. The van der Waals surface area contributed by atoms with E-state index in [1.165, 1.54) is 29.8 Å². The molecule has 1 saturated heterocycles. The van der Waals surface area contributed by atoms with Crippen molar-refractivity contribution in [3.05, 3.63) is 36.1 Å². The van der Waals surface area contributed by atoms with Gasteiger partial charge in [-0.2, -0.15) is 22.5 Å². The molecule has 3 aromatic heterocycles. The van der Waals surface area contributed by atoms with Crippen LogP contribution in [0, 0.1) is 0 Å². The molecule has 1 aliphatic rings. The van der Waals surface area contributed by atoms with E-state index in [-0.39, 0.29) is 47.2 Å². The van der Waals surface area contributed by atoms with Crippen LogP contribution in [0.1, 0.15) is 7.79 Å². The first-order chi connectivity index (χ1) is 18.2. The molecule has 0 spiro atoms. The number of hydrogen-bond donors (Lipinski definition) is 1. The highest BCUT2D eigenvalue weighted by Crippen LogP contribution is 2.33. The second kappa shape index (κ2) is 9.00. The van der Waals surface area contributed by atoms with Gasteiger partial charge in [0, 0.05) is 18.3 Å². The highest BCUT2D eigenvalue weighted by molar-refractivity contribution is 7.88. The first-order valence-electron chi connectivity index (χ1n) is 11.6. The number of aromatic amines is 1. The van der Waals surface area contributed by atoms with E-state index in [4.69, 9.17) is 6.11 Å². The van der Waals surface area contributed by atoms with Crippen LogP contribution in [0.2, 0.25) is 0 Å². The third-order valence-corrected chi connectivity index (χ3v) is 7.31. The van der Waals surface area contributed by atoms with E-state index in [2.05, 4.69) is 25.4 Å². The van der Waals surface area contributed by atoms with Crippen LogP contribution in [-0.4, -0.2) is 86.9 Å². The molecule has 1 fully saturated rings. The number of H-pyrrole nitrogens is 1. The number of alkyl halides is 5. The minimum Gasteiger partial charge on any atom is -0.479 e. The first-order valence-corrected chi connectivity index (χ1v) is 12.9. The Morgan fingerprint density at radius 1 is 1.32 bits per heavy atom. The van der Waals surface area contributed by atoms with Crippen molar-refractivity contribution in [1.29, 1.82) is 0 Å². The molecule has 4 heterocycles. The van der Waals surface area contributed by atoms with Gasteiger partial charge in [-0.1, -0.05) is 11.3 Å². The topological polar surface area (TPSA) is 123 Å². The van der Waals surface area contributed by atoms with Crippen LogP contribution in [0.25, 0.3) is 27.7 Å². The van der Waals surface area contributed by atoms with Crippen LogP contribution in [0.5, 0.6) is 5.88 Å². The van der Waals surface area contributed by atoms with Crippen LogP contribution in [0.4, 0.5) is 22.0 Å². The Bertz CT molecular complexity index is 1750. The predicted octanol–water partition coefficient (Wildman–Crippen LogP) is 2.21. The van der Waals surface area contributed by atoms with Gasteiger partial charge in [-0.15, -0.1) is 5.10 Å². The minimum absolute atomic E-state index is 0.0834. The molecular weight excluding hydrogens is 539 g/mol. The summed E-state index contributed by atoms with van der Waals surface area (Å²) in [6.07, 6.45) is -4.07. The summed E-state index contributed by atoms with van der Waals surface area (Å²) in [4.78, 5) is 8.17. The maximum Gasteiger partial charge on any atom is 0.408 e. The molecule has 0 saturated carbocycles. The SMILES string of the molecule is [2H]c1cc(-c2ccc3nnn(CC(F)(F)F)c3c2)c2c(OC)nc(=N[C@@H]3CCN(S(C)(=O)=O)CC3(F)F)[nH]n12. The number of nitrogens with zero attached hydrogens (tertiary/aromatic N) is 7. The van der Waals surface area contributed by atoms with Gasteiger partial charge in [0.2, 0.25) is 21.5 Å². The number of nitrogens with one attached hydrogen (secondary N) is 1. The minimum atomic E-state index is -4.52. The van der Waals surface area contributed by atoms with Gasteiger partial charge < -0.3 is 4.74 Å². The lowest BCUT2D eigenvalue weighted by Crippen LogP contribution is -2.53. The molecule has 0 bridgehead atoms. The number of hydrogen-bond acceptors (Lipinski definition) is 7. The lowest BCUT2D eigenvalue weighted by Gasteiger charge is -2.34. The molecule has 38 heavy (non-hydrogen) atoms. The summed E-state index contributed by atoms with van der Waals surface area (Å²) in [5.41, 5.74) is 1.05. The summed E-state index contributed by atoms with van der Waals surface area (Å²) in [6, 6.07) is 4.31. The average Bonchev–Trinajstić information content (AvgIpc) is 3.38. The standard InChI is InChI=1S/C21H21F5N8O3S/c1-37-18-17-13(12-3-4-14-15(9-12)34(31-29-14)11-21(24,25)26)5-8-33(17)30-19(28-18)27-16-6-7-32(38(2,35)36)10-20(16,22)23/h3-5,8-9,16H,6-7,10-11H2,1-2H3,(H,27,30)/t16-/m1/s1/i8D. The van der Waals surface area contributed by atoms with Crippen LogP contribution in [0.3, 0.4) is 0 Å². The van der Waals surface area contributed by atoms with Crippen molar-refractivity contribution in [2.75, 3.05) is 26.5 Å². The summed E-state index contributed by atoms with van der Waals surface area (Å²) < 4.78 is 108. The Hall–Kier alpha value is -3.60. The van der Waals surface area contributed by atoms with Crippen molar-refractivity contribution in [2.24, 2.45) is 4.99 Å². The molecule has 0 unspecified atom stereocenters. The van der Waals surface area contributed by atoms with Crippen molar-refractivity contribution >= 4 is 26.6 Å². The van der Waals surface area contributed by atoms with Crippen LogP contribution in [0.15, 0.2) is 35.4 Å². The highest BCUT2D eigenvalue weighted by atomic mass is 32.2. The molecule has 204 valence electrons. The third-order valence-electron chi connectivity index (χ3n) is 6.06. The molecule has 5 rings (SSSR count). The van der Waals surface area contributed by atoms with E-state index in [1.54, 1.807) is 6.07 Å². The molecule has 0 aliphatic carbocycles. The first kappa shape index (κ1) is 24.7. The number of benzene rings is 1. The summed E-state index contributed by atoms with van der Waals surface area (Å²) in [7, 11) is -2.53. The molecule has 1 N–H and O–H groups in total. The van der Waals surface area contributed by atoms with Crippen molar-refractivity contribution in [2.45, 2.75) is 31.1 Å². The number of methoxy groups -OCH3 is 1. The molecule has 1 atom stereocenters. The fourth-order valence-electron chi connectivity index (χ4n) is 4.28. The molecule has 1 aliphatic heterocycles. The Balaban J connectivity index is 1.58. The number of rotatable bonds is 5. The van der Waals surface area contributed by atoms with Gasteiger partial charge in [0.25, 0.3) is 5.92 Å². The normalized spacial score (nSPS) is 19.8. The van der Waals surface area contributed by atoms with Crippen LogP contribution in [-0.2, 0) is 16.6 Å². The van der Waals surface area contributed by atoms with Crippen LogP contribution < -0.4 is 10.4 Å². The summed E-state index contributed by atoms with van der Waals surface area (Å²) in [5.74, 6) is -3.56. The van der Waals surface area contributed by atoms with Gasteiger partial charge in [-0.05, 0) is 30.2 Å². The Labute approximate surface area is 213 Å². The van der Waals surface area contributed by atoms with Gasteiger partial charge in [0.05, 0.1) is 26.8 Å². The molecule has 0 amide bonds. The molecule has 4 aromatic rings. The Morgan fingerprint density at radius 3 is 2.74 bits per heavy atom. The number of halogens is 5. The summed E-state index contributed by atoms with van der Waals surface area (Å²) in [6.45, 7) is -2.52. The van der Waals surface area contributed by atoms with Crippen molar-refractivity contribution in [3.8, 4) is 17.0 Å². The smallest absolute Gasteiger partial charge is 0.408 e. The fraction of sp³-hybridized carbons (Fsp3) is 0.429. The molecular formula is C21H21F5N8O3S. The maximum atomic E-state index is 14.8. The Morgan fingerprint density at radius 2 is 2.08 bits per heavy atom. The number of fused-ring (bicyclic) bond motifs is 2. The van der Waals surface area contributed by atoms with Gasteiger partial charge in [0.15, 0.2) is 0 Å². The second-order valence-electron chi connectivity index (χ2n) is 8.78. The monoisotopic (exact) mass is 561 g/mol. The van der Waals surface area contributed by atoms with Gasteiger partial charge >= 0.3 is 6.18 Å². The average molecular weight is 562 g/mol. The maximum absolute atomic E-state index is 14.8. The third kappa shape index (κ3) is 4.94. The van der Waals surface area contributed by atoms with Crippen LogP contribution >= 0.6 is 0 Å². The van der Waals surface area contributed by atoms with Crippen molar-refractivity contribution in [3.63, 3.8) is 0 Å². The van der Waals surface area contributed by atoms with E-state index in [9.17, 15) is 30.4 Å². The molecule has 11 nitrogen and oxygen atoms in total. The zero-order chi connectivity index (χ0) is 28.3. The Kier molecular flexibility index (Phi) is 5.86. The van der Waals surface area contributed by atoms with E-state index >= 15 is 0 Å². The zero-order valence-corrected chi connectivity index (χ0v) is 20.7. The highest BCUT2D eigenvalue weighted by Gasteiger charge is 2.47. The summed E-state index contributed by atoms with van der Waals surface area (Å²) >= 11 is 0. The number of sulfonamides is 1. The zero-order valence-electron chi connectivity index (χ0n) is 20.9. The molecule has 1 aromatic carbocycles. The van der Waals surface area contributed by atoms with E-state index in [1.807, 2.05) is 0 Å². The fourth-order valence-corrected chi connectivity index (χ4v) is 5.13. The molecule has 0 radical (unpaired) electrons. The molecule has 17 heteroatoms. The van der Waals surface area contributed by atoms with Gasteiger partial charge in [-0.25, -0.2) is 26.9 Å². The van der Waals surface area contributed by atoms with E-state index in [0.29, 0.717) is 20.1 Å². The second-order valence-corrected chi connectivity index (χ2v) is 10.8. The lowest BCUT2D eigenvalue weighted by molar-refractivity contribution is -0.142. The number of piperidine rings is 1. The largest absolute Gasteiger partial charge is 0.479 e.